The van der Waals surface area contributed by atoms with E-state index in [0.29, 0.717) is 12.6 Å². The number of nitrogens with zero attached hydrogens (tertiary/aromatic N) is 3. The van der Waals surface area contributed by atoms with Crippen LogP contribution in [0.2, 0.25) is 0 Å². The molecule has 1 saturated carbocycles. The number of carbonyl (C=O) groups excluding carboxylic acids is 1. The summed E-state index contributed by atoms with van der Waals surface area (Å²) in [6, 6.07) is 10.3. The molecule has 0 saturated heterocycles. The van der Waals surface area contributed by atoms with Gasteiger partial charge >= 0.3 is 0 Å². The number of ether oxygens (including phenoxy) is 1. The summed E-state index contributed by atoms with van der Waals surface area (Å²) in [6.07, 6.45) is 2.09. The van der Waals surface area contributed by atoms with E-state index in [9.17, 15) is 4.79 Å². The Morgan fingerprint density at radius 3 is 2.50 bits per heavy atom. The summed E-state index contributed by atoms with van der Waals surface area (Å²) in [7, 11) is 1.55. The molecule has 0 spiro atoms. The molecule has 0 unspecified atom stereocenters. The van der Waals surface area contributed by atoms with Gasteiger partial charge < -0.3 is 19.1 Å². The molecule has 0 aliphatic heterocycles. The highest BCUT2D eigenvalue weighted by atomic mass is 16.5. The van der Waals surface area contributed by atoms with Crippen molar-refractivity contribution >= 4 is 11.8 Å². The zero-order valence-corrected chi connectivity index (χ0v) is 15.8. The van der Waals surface area contributed by atoms with E-state index in [-0.39, 0.29) is 12.5 Å². The number of hydrogen-bond donors (Lipinski definition) is 0. The monoisotopic (exact) mass is 357 g/mol. The highest BCUT2D eigenvalue weighted by Gasteiger charge is 2.35. The maximum atomic E-state index is 12.6. The van der Waals surface area contributed by atoms with Crippen LogP contribution in [-0.2, 0) is 16.1 Å². The predicted molar refractivity (Wildman–Crippen MR) is 101 cm³/mol. The first-order valence-electron chi connectivity index (χ1n) is 9.26. The van der Waals surface area contributed by atoms with Gasteiger partial charge in [0.15, 0.2) is 0 Å². The van der Waals surface area contributed by atoms with Crippen molar-refractivity contribution in [2.75, 3.05) is 31.7 Å². The Morgan fingerprint density at radius 2 is 1.92 bits per heavy atom. The van der Waals surface area contributed by atoms with Gasteiger partial charge in [0.1, 0.15) is 12.3 Å². The average Bonchev–Trinajstić information content (AvgIpc) is 3.42. The Kier molecular flexibility index (Phi) is 5.93. The second-order valence-corrected chi connectivity index (χ2v) is 6.54. The van der Waals surface area contributed by atoms with Crippen LogP contribution in [0.1, 0.15) is 32.3 Å². The fourth-order valence-corrected chi connectivity index (χ4v) is 3.21. The molecule has 1 fully saturated rings. The summed E-state index contributed by atoms with van der Waals surface area (Å²) in [5, 5.41) is 4.36. The number of rotatable bonds is 9. The minimum Gasteiger partial charge on any atom is -0.375 e. The van der Waals surface area contributed by atoms with Crippen LogP contribution in [0.25, 0.3) is 11.3 Å². The summed E-state index contributed by atoms with van der Waals surface area (Å²) in [4.78, 5) is 16.6. The maximum Gasteiger partial charge on any atom is 0.249 e. The lowest BCUT2D eigenvalue weighted by atomic mass is 10.1. The van der Waals surface area contributed by atoms with Crippen LogP contribution in [-0.4, -0.2) is 48.8 Å². The average molecular weight is 357 g/mol. The van der Waals surface area contributed by atoms with E-state index >= 15 is 0 Å². The van der Waals surface area contributed by atoms with Crippen molar-refractivity contribution in [2.24, 2.45) is 0 Å². The van der Waals surface area contributed by atoms with E-state index in [2.05, 4.69) is 23.9 Å². The molecule has 2 aromatic rings. The van der Waals surface area contributed by atoms with Gasteiger partial charge in [-0.2, -0.15) is 0 Å². The molecular formula is C20H27N3O3. The number of anilines is 1. The fraction of sp³-hybridized carbons (Fsp3) is 0.500. The van der Waals surface area contributed by atoms with E-state index in [1.165, 1.54) is 0 Å². The molecule has 1 heterocycles. The molecule has 26 heavy (non-hydrogen) atoms. The molecule has 3 rings (SSSR count). The summed E-state index contributed by atoms with van der Waals surface area (Å²) in [5.74, 6) is 0.769. The molecule has 1 aromatic carbocycles. The Bertz CT molecular complexity index is 721. The van der Waals surface area contributed by atoms with E-state index < -0.39 is 0 Å². The largest absolute Gasteiger partial charge is 0.375 e. The highest BCUT2D eigenvalue weighted by Crippen LogP contribution is 2.35. The lowest BCUT2D eigenvalue weighted by Gasteiger charge is -2.24. The van der Waals surface area contributed by atoms with Gasteiger partial charge in [0.25, 0.3) is 0 Å². The molecule has 0 radical (unpaired) electrons. The van der Waals surface area contributed by atoms with Crippen LogP contribution in [0.5, 0.6) is 0 Å². The van der Waals surface area contributed by atoms with Crippen molar-refractivity contribution in [1.29, 1.82) is 0 Å². The van der Waals surface area contributed by atoms with Crippen molar-refractivity contribution in [2.45, 2.75) is 39.3 Å². The first kappa shape index (κ1) is 18.5. The molecule has 1 amide bonds. The Balaban J connectivity index is 1.99. The number of carbonyl (C=O) groups is 1. The van der Waals surface area contributed by atoms with Crippen molar-refractivity contribution in [3.8, 4) is 11.3 Å². The number of amides is 1. The summed E-state index contributed by atoms with van der Waals surface area (Å²) < 4.78 is 10.8. The van der Waals surface area contributed by atoms with Gasteiger partial charge in [0.05, 0.1) is 12.1 Å². The van der Waals surface area contributed by atoms with E-state index in [1.807, 2.05) is 35.2 Å². The third-order valence-electron chi connectivity index (χ3n) is 4.77. The van der Waals surface area contributed by atoms with E-state index in [4.69, 9.17) is 9.26 Å². The van der Waals surface area contributed by atoms with Crippen LogP contribution in [0.3, 0.4) is 0 Å². The number of aromatic nitrogens is 1. The lowest BCUT2D eigenvalue weighted by molar-refractivity contribution is -0.136. The minimum absolute atomic E-state index is 0.0145. The van der Waals surface area contributed by atoms with Crippen LogP contribution < -0.4 is 4.90 Å². The molecule has 6 heteroatoms. The Hall–Kier alpha value is -2.34. The normalized spacial score (nSPS) is 13.7. The number of benzene rings is 1. The van der Waals surface area contributed by atoms with Crippen LogP contribution >= 0.6 is 0 Å². The second-order valence-electron chi connectivity index (χ2n) is 6.54. The standard InChI is InChI=1S/C20H27N3O3/c1-4-22(5-2)20-17(13-23(16-11-12-16)18(24)14-25-3)19(21-26-20)15-9-7-6-8-10-15/h6-10,16H,4-5,11-14H2,1-3H3. The zero-order valence-electron chi connectivity index (χ0n) is 15.8. The maximum absolute atomic E-state index is 12.6. The van der Waals surface area contributed by atoms with Gasteiger partial charge in [-0.25, -0.2) is 0 Å². The first-order chi connectivity index (χ1) is 12.7. The SMILES string of the molecule is CCN(CC)c1onc(-c2ccccc2)c1CN(C(=O)COC)C1CC1. The lowest BCUT2D eigenvalue weighted by Crippen LogP contribution is -2.36. The second kappa shape index (κ2) is 8.36. The van der Waals surface area contributed by atoms with Crippen LogP contribution in [0.15, 0.2) is 34.9 Å². The topological polar surface area (TPSA) is 58.8 Å². The summed E-state index contributed by atoms with van der Waals surface area (Å²) in [5.41, 5.74) is 2.78. The third-order valence-corrected chi connectivity index (χ3v) is 4.77. The first-order valence-corrected chi connectivity index (χ1v) is 9.26. The van der Waals surface area contributed by atoms with Gasteiger partial charge in [-0.1, -0.05) is 35.5 Å². The molecule has 1 aromatic heterocycles. The van der Waals surface area contributed by atoms with E-state index in [1.54, 1.807) is 7.11 Å². The molecule has 0 atom stereocenters. The molecule has 0 N–H and O–H groups in total. The zero-order chi connectivity index (χ0) is 18.5. The Labute approximate surface area is 154 Å². The third kappa shape index (κ3) is 3.90. The molecule has 140 valence electrons. The molecule has 1 aliphatic rings. The van der Waals surface area contributed by atoms with Crippen molar-refractivity contribution in [1.82, 2.24) is 10.1 Å². The quantitative estimate of drug-likeness (QED) is 0.689. The van der Waals surface area contributed by atoms with E-state index in [0.717, 1.165) is 48.6 Å². The van der Waals surface area contributed by atoms with Crippen LogP contribution in [0.4, 0.5) is 5.88 Å². The molecular weight excluding hydrogens is 330 g/mol. The van der Waals surface area contributed by atoms with Gasteiger partial charge in [0.2, 0.25) is 11.8 Å². The van der Waals surface area contributed by atoms with Crippen molar-refractivity contribution < 1.29 is 14.1 Å². The fourth-order valence-electron chi connectivity index (χ4n) is 3.21. The van der Waals surface area contributed by atoms with Gasteiger partial charge in [-0.15, -0.1) is 0 Å². The highest BCUT2D eigenvalue weighted by molar-refractivity contribution is 5.79. The number of methoxy groups -OCH3 is 1. The summed E-state index contributed by atoms with van der Waals surface area (Å²) >= 11 is 0. The summed E-state index contributed by atoms with van der Waals surface area (Å²) in [6.45, 7) is 6.42. The Morgan fingerprint density at radius 1 is 1.23 bits per heavy atom. The van der Waals surface area contributed by atoms with Gasteiger partial charge in [-0.05, 0) is 26.7 Å². The van der Waals surface area contributed by atoms with Crippen molar-refractivity contribution in [3.05, 3.63) is 35.9 Å². The van der Waals surface area contributed by atoms with Crippen LogP contribution in [0, 0.1) is 0 Å². The minimum atomic E-state index is 0.0145. The molecule has 6 nitrogen and oxygen atoms in total. The van der Waals surface area contributed by atoms with Gasteiger partial charge in [0, 0.05) is 31.8 Å². The van der Waals surface area contributed by atoms with Gasteiger partial charge in [-0.3, -0.25) is 4.79 Å². The molecule has 1 aliphatic carbocycles. The number of hydrogen-bond acceptors (Lipinski definition) is 5. The van der Waals surface area contributed by atoms with Crippen molar-refractivity contribution in [3.63, 3.8) is 0 Å². The smallest absolute Gasteiger partial charge is 0.249 e. The molecule has 0 bridgehead atoms. The predicted octanol–water partition coefficient (Wildman–Crippen LogP) is 3.33.